The van der Waals surface area contributed by atoms with Crippen molar-refractivity contribution in [2.24, 2.45) is 4.99 Å². The molecule has 1 amide bonds. The van der Waals surface area contributed by atoms with Crippen molar-refractivity contribution in [2.75, 3.05) is 20.1 Å². The molecule has 126 valence electrons. The lowest BCUT2D eigenvalue weighted by Crippen LogP contribution is -2.41. The number of hydrogen-bond donors (Lipinski definition) is 3. The summed E-state index contributed by atoms with van der Waals surface area (Å²) in [5.41, 5.74) is 1.51. The van der Waals surface area contributed by atoms with E-state index in [4.69, 9.17) is 11.6 Å². The summed E-state index contributed by atoms with van der Waals surface area (Å²) in [6, 6.07) is 12.5. The van der Waals surface area contributed by atoms with Gasteiger partial charge in [0, 0.05) is 36.9 Å². The van der Waals surface area contributed by atoms with Crippen molar-refractivity contribution in [3.63, 3.8) is 0 Å². The number of amides is 1. The van der Waals surface area contributed by atoms with Crippen molar-refractivity contribution < 1.29 is 4.79 Å². The van der Waals surface area contributed by atoms with Crippen LogP contribution in [0.1, 0.15) is 16.1 Å². The molecule has 0 unspecified atom stereocenters. The minimum absolute atomic E-state index is 0.134. The summed E-state index contributed by atoms with van der Waals surface area (Å²) in [7, 11) is 1.69. The number of guanidine groups is 1. The predicted molar refractivity (Wildman–Crippen MR) is 96.2 cm³/mol. The van der Waals surface area contributed by atoms with Gasteiger partial charge in [0.2, 0.25) is 0 Å². The van der Waals surface area contributed by atoms with Crippen LogP contribution >= 0.6 is 11.6 Å². The molecule has 6 nitrogen and oxygen atoms in total. The first-order chi connectivity index (χ1) is 11.7. The Hall–Kier alpha value is -2.60. The largest absolute Gasteiger partial charge is 0.355 e. The number of nitrogens with zero attached hydrogens (tertiary/aromatic N) is 2. The summed E-state index contributed by atoms with van der Waals surface area (Å²) in [4.78, 5) is 20.3. The van der Waals surface area contributed by atoms with E-state index in [0.717, 1.165) is 5.69 Å². The van der Waals surface area contributed by atoms with Crippen LogP contribution in [0.25, 0.3) is 0 Å². The second kappa shape index (κ2) is 9.52. The van der Waals surface area contributed by atoms with Gasteiger partial charge in [-0.15, -0.1) is 0 Å². The normalized spacial score (nSPS) is 11.0. The standard InChI is InChI=1S/C17H20ClN5O/c1-19-17(23-12-15-4-2-3-9-20-15)22-11-10-21-16(24)13-5-7-14(18)8-6-13/h2-9H,10-12H2,1H3,(H,21,24)(H2,19,22,23). The molecule has 1 heterocycles. The number of carbonyl (C=O) groups is 1. The lowest BCUT2D eigenvalue weighted by atomic mass is 10.2. The van der Waals surface area contributed by atoms with Crippen LogP contribution in [0, 0.1) is 0 Å². The first-order valence-electron chi connectivity index (χ1n) is 7.57. The third kappa shape index (κ3) is 5.89. The maximum absolute atomic E-state index is 11.9. The Balaban J connectivity index is 1.68. The van der Waals surface area contributed by atoms with Crippen LogP contribution in [0.4, 0.5) is 0 Å². The van der Waals surface area contributed by atoms with E-state index in [1.54, 1.807) is 37.5 Å². The van der Waals surface area contributed by atoms with Crippen LogP contribution in [-0.2, 0) is 6.54 Å². The van der Waals surface area contributed by atoms with Gasteiger partial charge in [-0.05, 0) is 36.4 Å². The van der Waals surface area contributed by atoms with Gasteiger partial charge in [0.1, 0.15) is 0 Å². The van der Waals surface area contributed by atoms with Gasteiger partial charge in [0.05, 0.1) is 12.2 Å². The molecule has 0 saturated heterocycles. The zero-order valence-electron chi connectivity index (χ0n) is 13.4. The summed E-state index contributed by atoms with van der Waals surface area (Å²) in [5, 5.41) is 9.73. The van der Waals surface area contributed by atoms with Crippen molar-refractivity contribution >= 4 is 23.5 Å². The van der Waals surface area contributed by atoms with Gasteiger partial charge in [-0.3, -0.25) is 14.8 Å². The van der Waals surface area contributed by atoms with Crippen LogP contribution in [0.3, 0.4) is 0 Å². The molecular formula is C17H20ClN5O. The van der Waals surface area contributed by atoms with Gasteiger partial charge in [-0.25, -0.2) is 0 Å². The molecule has 1 aromatic carbocycles. The highest BCUT2D eigenvalue weighted by Crippen LogP contribution is 2.09. The Morgan fingerprint density at radius 2 is 1.83 bits per heavy atom. The quantitative estimate of drug-likeness (QED) is 0.424. The highest BCUT2D eigenvalue weighted by Gasteiger charge is 2.04. The minimum Gasteiger partial charge on any atom is -0.355 e. The fraction of sp³-hybridized carbons (Fsp3) is 0.235. The smallest absolute Gasteiger partial charge is 0.251 e. The summed E-state index contributed by atoms with van der Waals surface area (Å²) >= 11 is 5.80. The predicted octanol–water partition coefficient (Wildman–Crippen LogP) is 1.83. The van der Waals surface area contributed by atoms with E-state index in [2.05, 4.69) is 25.9 Å². The van der Waals surface area contributed by atoms with Gasteiger partial charge in [0.15, 0.2) is 5.96 Å². The van der Waals surface area contributed by atoms with Crippen molar-refractivity contribution in [3.8, 4) is 0 Å². The second-order valence-corrected chi connectivity index (χ2v) is 5.37. The topological polar surface area (TPSA) is 78.4 Å². The molecule has 0 spiro atoms. The van der Waals surface area contributed by atoms with Crippen molar-refractivity contribution in [2.45, 2.75) is 6.54 Å². The summed E-state index contributed by atoms with van der Waals surface area (Å²) in [6.07, 6.45) is 1.75. The average Bonchev–Trinajstić information content (AvgIpc) is 2.62. The van der Waals surface area contributed by atoms with Gasteiger partial charge in [0.25, 0.3) is 5.91 Å². The molecule has 0 aliphatic heterocycles. The molecule has 0 bridgehead atoms. The molecule has 2 aromatic rings. The number of hydrogen-bond acceptors (Lipinski definition) is 3. The molecular weight excluding hydrogens is 326 g/mol. The monoisotopic (exact) mass is 345 g/mol. The molecule has 0 saturated carbocycles. The minimum atomic E-state index is -0.134. The summed E-state index contributed by atoms with van der Waals surface area (Å²) < 4.78 is 0. The van der Waals surface area contributed by atoms with E-state index in [-0.39, 0.29) is 5.91 Å². The zero-order valence-corrected chi connectivity index (χ0v) is 14.2. The van der Waals surface area contributed by atoms with E-state index in [1.165, 1.54) is 0 Å². The van der Waals surface area contributed by atoms with Crippen LogP contribution in [0.15, 0.2) is 53.7 Å². The van der Waals surface area contributed by atoms with E-state index >= 15 is 0 Å². The van der Waals surface area contributed by atoms with E-state index in [9.17, 15) is 4.79 Å². The second-order valence-electron chi connectivity index (χ2n) is 4.94. The number of pyridine rings is 1. The molecule has 3 N–H and O–H groups in total. The van der Waals surface area contributed by atoms with Crippen molar-refractivity contribution in [1.29, 1.82) is 0 Å². The first-order valence-corrected chi connectivity index (χ1v) is 7.95. The molecule has 0 fully saturated rings. The Morgan fingerprint density at radius 3 is 2.50 bits per heavy atom. The summed E-state index contributed by atoms with van der Waals surface area (Å²) in [5.74, 6) is 0.520. The Bertz CT molecular complexity index is 673. The van der Waals surface area contributed by atoms with Crippen molar-refractivity contribution in [3.05, 3.63) is 64.9 Å². The lowest BCUT2D eigenvalue weighted by Gasteiger charge is -2.12. The number of carbonyl (C=O) groups excluding carboxylic acids is 1. The maximum atomic E-state index is 11.9. The molecule has 2 rings (SSSR count). The van der Waals surface area contributed by atoms with Crippen LogP contribution in [0.5, 0.6) is 0 Å². The SMILES string of the molecule is CN=C(NCCNC(=O)c1ccc(Cl)cc1)NCc1ccccn1. The van der Waals surface area contributed by atoms with Crippen LogP contribution < -0.4 is 16.0 Å². The Labute approximate surface area is 146 Å². The molecule has 24 heavy (non-hydrogen) atoms. The van der Waals surface area contributed by atoms with Crippen LogP contribution in [0.2, 0.25) is 5.02 Å². The fourth-order valence-corrected chi connectivity index (χ4v) is 2.08. The van der Waals surface area contributed by atoms with Gasteiger partial charge in [-0.1, -0.05) is 17.7 Å². The van der Waals surface area contributed by atoms with Gasteiger partial charge < -0.3 is 16.0 Å². The van der Waals surface area contributed by atoms with Crippen molar-refractivity contribution in [1.82, 2.24) is 20.9 Å². The van der Waals surface area contributed by atoms with Gasteiger partial charge in [-0.2, -0.15) is 0 Å². The number of aromatic nitrogens is 1. The van der Waals surface area contributed by atoms with Crippen LogP contribution in [-0.4, -0.2) is 37.0 Å². The molecule has 0 atom stereocenters. The highest BCUT2D eigenvalue weighted by molar-refractivity contribution is 6.30. The summed E-state index contributed by atoms with van der Waals surface area (Å²) in [6.45, 7) is 1.62. The fourth-order valence-electron chi connectivity index (χ4n) is 1.96. The van der Waals surface area contributed by atoms with E-state index in [1.807, 2.05) is 18.2 Å². The first kappa shape index (κ1) is 17.7. The molecule has 0 radical (unpaired) electrons. The third-order valence-corrected chi connectivity index (χ3v) is 3.45. The number of aliphatic imine (C=N–C) groups is 1. The molecule has 0 aliphatic carbocycles. The lowest BCUT2D eigenvalue weighted by molar-refractivity contribution is 0.0954. The Morgan fingerprint density at radius 1 is 1.08 bits per heavy atom. The van der Waals surface area contributed by atoms with Gasteiger partial charge >= 0.3 is 0 Å². The zero-order chi connectivity index (χ0) is 17.2. The Kier molecular flexibility index (Phi) is 7.04. The molecule has 7 heteroatoms. The number of rotatable bonds is 6. The molecule has 0 aliphatic rings. The number of benzene rings is 1. The third-order valence-electron chi connectivity index (χ3n) is 3.20. The maximum Gasteiger partial charge on any atom is 0.251 e. The number of nitrogens with one attached hydrogen (secondary N) is 3. The van der Waals surface area contributed by atoms with E-state index < -0.39 is 0 Å². The number of halogens is 1. The highest BCUT2D eigenvalue weighted by atomic mass is 35.5. The molecule has 1 aromatic heterocycles. The average molecular weight is 346 g/mol. The van der Waals surface area contributed by atoms with E-state index in [0.29, 0.717) is 36.2 Å².